The zero-order valence-electron chi connectivity index (χ0n) is 10.9. The number of aryl methyl sites for hydroxylation is 1. The van der Waals surface area contributed by atoms with Crippen LogP contribution >= 0.6 is 0 Å². The van der Waals surface area contributed by atoms with Gasteiger partial charge < -0.3 is 10.8 Å². The summed E-state index contributed by atoms with van der Waals surface area (Å²) in [5.41, 5.74) is 10.1. The van der Waals surface area contributed by atoms with Gasteiger partial charge in [0.15, 0.2) is 0 Å². The van der Waals surface area contributed by atoms with Crippen molar-refractivity contribution in [3.8, 4) is 5.75 Å². The van der Waals surface area contributed by atoms with Crippen LogP contribution in [0.2, 0.25) is 0 Å². The molecular weight excluding hydrogens is 234 g/mol. The van der Waals surface area contributed by atoms with Crippen molar-refractivity contribution in [2.24, 2.45) is 11.7 Å². The van der Waals surface area contributed by atoms with Crippen molar-refractivity contribution >= 4 is 0 Å². The van der Waals surface area contributed by atoms with Gasteiger partial charge in [-0.25, -0.2) is 0 Å². The van der Waals surface area contributed by atoms with Gasteiger partial charge in [0.05, 0.1) is 0 Å². The summed E-state index contributed by atoms with van der Waals surface area (Å²) in [7, 11) is 0. The summed E-state index contributed by atoms with van der Waals surface area (Å²) in [6, 6.07) is 16.1. The molecular formula is C17H19NO. The molecule has 0 fully saturated rings. The van der Waals surface area contributed by atoms with Gasteiger partial charge in [-0.15, -0.1) is 0 Å². The summed E-state index contributed by atoms with van der Waals surface area (Å²) in [6.07, 6.45) is 3.19. The molecule has 2 aromatic carbocycles. The average molecular weight is 253 g/mol. The molecule has 0 aromatic heterocycles. The lowest BCUT2D eigenvalue weighted by Crippen LogP contribution is -2.28. The molecule has 19 heavy (non-hydrogen) atoms. The SMILES string of the molecule is N[C@@H]1c2cc(O)ccc2CCC1Cc1ccccc1. The van der Waals surface area contributed by atoms with Crippen LogP contribution in [0.3, 0.4) is 0 Å². The molecule has 0 saturated heterocycles. The van der Waals surface area contributed by atoms with Gasteiger partial charge in [0.1, 0.15) is 5.75 Å². The summed E-state index contributed by atoms with van der Waals surface area (Å²) in [4.78, 5) is 0. The normalized spacial score (nSPS) is 21.9. The molecule has 2 heteroatoms. The molecule has 2 aromatic rings. The van der Waals surface area contributed by atoms with E-state index in [1.807, 2.05) is 18.2 Å². The van der Waals surface area contributed by atoms with Gasteiger partial charge >= 0.3 is 0 Å². The fraction of sp³-hybridized carbons (Fsp3) is 0.294. The quantitative estimate of drug-likeness (QED) is 0.863. The standard InChI is InChI=1S/C17H19NO/c18-17-14(10-12-4-2-1-3-5-12)7-6-13-8-9-15(19)11-16(13)17/h1-5,8-9,11,14,17,19H,6-7,10,18H2/t14?,17-/m0/s1. The van der Waals surface area contributed by atoms with Crippen LogP contribution in [0.15, 0.2) is 48.5 Å². The summed E-state index contributed by atoms with van der Waals surface area (Å²) >= 11 is 0. The minimum Gasteiger partial charge on any atom is -0.508 e. The van der Waals surface area contributed by atoms with Crippen LogP contribution < -0.4 is 5.73 Å². The Balaban J connectivity index is 1.83. The Labute approximate surface area is 113 Å². The van der Waals surface area contributed by atoms with Gasteiger partial charge in [0, 0.05) is 6.04 Å². The van der Waals surface area contributed by atoms with E-state index in [4.69, 9.17) is 5.73 Å². The fourth-order valence-corrected chi connectivity index (χ4v) is 3.04. The Bertz CT molecular complexity index is 565. The van der Waals surface area contributed by atoms with Gasteiger partial charge in [-0.05, 0) is 54.0 Å². The van der Waals surface area contributed by atoms with Crippen LogP contribution in [0.5, 0.6) is 5.75 Å². The summed E-state index contributed by atoms with van der Waals surface area (Å²) in [6.45, 7) is 0. The van der Waals surface area contributed by atoms with E-state index in [-0.39, 0.29) is 6.04 Å². The number of phenols is 1. The minimum absolute atomic E-state index is 0.0241. The molecule has 0 spiro atoms. The molecule has 0 aliphatic heterocycles. The zero-order chi connectivity index (χ0) is 13.2. The van der Waals surface area contributed by atoms with Crippen LogP contribution in [-0.2, 0) is 12.8 Å². The monoisotopic (exact) mass is 253 g/mol. The predicted molar refractivity (Wildman–Crippen MR) is 77.0 cm³/mol. The van der Waals surface area contributed by atoms with Gasteiger partial charge in [0.2, 0.25) is 0 Å². The van der Waals surface area contributed by atoms with Gasteiger partial charge in [-0.2, -0.15) is 0 Å². The lowest BCUT2D eigenvalue weighted by atomic mass is 9.77. The maximum absolute atomic E-state index is 9.63. The summed E-state index contributed by atoms with van der Waals surface area (Å²) < 4.78 is 0. The average Bonchev–Trinajstić information content (AvgIpc) is 2.44. The summed E-state index contributed by atoms with van der Waals surface area (Å²) in [5, 5.41) is 9.63. The van der Waals surface area contributed by atoms with E-state index in [1.165, 1.54) is 11.1 Å². The Morgan fingerprint density at radius 2 is 1.89 bits per heavy atom. The van der Waals surface area contributed by atoms with E-state index in [9.17, 15) is 5.11 Å². The minimum atomic E-state index is 0.0241. The Kier molecular flexibility index (Phi) is 3.26. The smallest absolute Gasteiger partial charge is 0.115 e. The van der Waals surface area contributed by atoms with Crippen LogP contribution in [-0.4, -0.2) is 5.11 Å². The van der Waals surface area contributed by atoms with Crippen LogP contribution in [0.25, 0.3) is 0 Å². The number of phenolic OH excluding ortho intramolecular Hbond substituents is 1. The molecule has 1 aliphatic carbocycles. The number of benzene rings is 2. The fourth-order valence-electron chi connectivity index (χ4n) is 3.04. The first-order valence-corrected chi connectivity index (χ1v) is 6.85. The number of hydrogen-bond donors (Lipinski definition) is 2. The first-order valence-electron chi connectivity index (χ1n) is 6.85. The number of rotatable bonds is 2. The first-order chi connectivity index (χ1) is 9.24. The molecule has 0 heterocycles. The lowest BCUT2D eigenvalue weighted by Gasteiger charge is -2.31. The third kappa shape index (κ3) is 2.49. The number of hydrogen-bond acceptors (Lipinski definition) is 2. The van der Waals surface area contributed by atoms with Crippen molar-refractivity contribution in [3.63, 3.8) is 0 Å². The number of fused-ring (bicyclic) bond motifs is 1. The third-order valence-electron chi connectivity index (χ3n) is 4.12. The highest BCUT2D eigenvalue weighted by atomic mass is 16.3. The van der Waals surface area contributed by atoms with Crippen molar-refractivity contribution in [3.05, 3.63) is 65.2 Å². The Morgan fingerprint density at radius 1 is 1.11 bits per heavy atom. The second-order valence-corrected chi connectivity index (χ2v) is 5.40. The molecule has 2 atom stereocenters. The van der Waals surface area contributed by atoms with Crippen LogP contribution in [0, 0.1) is 5.92 Å². The maximum atomic E-state index is 9.63. The Hall–Kier alpha value is -1.80. The van der Waals surface area contributed by atoms with Crippen molar-refractivity contribution in [1.29, 1.82) is 0 Å². The van der Waals surface area contributed by atoms with E-state index >= 15 is 0 Å². The van der Waals surface area contributed by atoms with Gasteiger partial charge in [-0.3, -0.25) is 0 Å². The molecule has 98 valence electrons. The van der Waals surface area contributed by atoms with E-state index in [0.717, 1.165) is 24.8 Å². The maximum Gasteiger partial charge on any atom is 0.115 e. The predicted octanol–water partition coefficient (Wildman–Crippen LogP) is 3.20. The zero-order valence-corrected chi connectivity index (χ0v) is 10.9. The lowest BCUT2D eigenvalue weighted by molar-refractivity contribution is 0.374. The van der Waals surface area contributed by atoms with Crippen molar-refractivity contribution in [1.82, 2.24) is 0 Å². The number of nitrogens with two attached hydrogens (primary N) is 1. The molecule has 3 rings (SSSR count). The number of aromatic hydroxyl groups is 1. The molecule has 1 unspecified atom stereocenters. The second-order valence-electron chi connectivity index (χ2n) is 5.40. The highest BCUT2D eigenvalue weighted by molar-refractivity contribution is 5.39. The van der Waals surface area contributed by atoms with Crippen LogP contribution in [0.1, 0.15) is 29.2 Å². The third-order valence-corrected chi connectivity index (χ3v) is 4.12. The summed E-state index contributed by atoms with van der Waals surface area (Å²) in [5.74, 6) is 0.770. The highest BCUT2D eigenvalue weighted by Gasteiger charge is 2.26. The van der Waals surface area contributed by atoms with Gasteiger partial charge in [0.25, 0.3) is 0 Å². The van der Waals surface area contributed by atoms with Crippen molar-refractivity contribution in [2.45, 2.75) is 25.3 Å². The first kappa shape index (κ1) is 12.2. The largest absolute Gasteiger partial charge is 0.508 e. The molecule has 0 bridgehead atoms. The molecule has 1 aliphatic rings. The topological polar surface area (TPSA) is 46.2 Å². The molecule has 0 radical (unpaired) electrons. The molecule has 3 N–H and O–H groups in total. The van der Waals surface area contributed by atoms with Crippen molar-refractivity contribution in [2.75, 3.05) is 0 Å². The molecule has 0 saturated carbocycles. The van der Waals surface area contributed by atoms with E-state index < -0.39 is 0 Å². The van der Waals surface area contributed by atoms with Crippen molar-refractivity contribution < 1.29 is 5.11 Å². The molecule has 2 nitrogen and oxygen atoms in total. The van der Waals surface area contributed by atoms with Crippen LogP contribution in [0.4, 0.5) is 0 Å². The second kappa shape index (κ2) is 5.06. The highest BCUT2D eigenvalue weighted by Crippen LogP contribution is 2.36. The van der Waals surface area contributed by atoms with E-state index in [0.29, 0.717) is 11.7 Å². The Morgan fingerprint density at radius 3 is 2.68 bits per heavy atom. The molecule has 0 amide bonds. The van der Waals surface area contributed by atoms with E-state index in [1.54, 1.807) is 6.07 Å². The van der Waals surface area contributed by atoms with E-state index in [2.05, 4.69) is 24.3 Å². The van der Waals surface area contributed by atoms with Gasteiger partial charge in [-0.1, -0.05) is 36.4 Å².